The van der Waals surface area contributed by atoms with Gasteiger partial charge in [-0.05, 0) is 41.5 Å². The number of hydrogen-bond acceptors (Lipinski definition) is 5. The summed E-state index contributed by atoms with van der Waals surface area (Å²) in [6.07, 6.45) is 1.80. The van der Waals surface area contributed by atoms with Gasteiger partial charge in [0, 0.05) is 0 Å². The van der Waals surface area contributed by atoms with Crippen molar-refractivity contribution in [3.63, 3.8) is 0 Å². The standard InChI is InChI=1S/C19H21FN2O3/c1-23-19-12-16(13-21-22-8-10-24-11-9-22)4-7-18(19)25-14-15-2-5-17(20)6-3-15/h2-7,12-13H,8-11,14H2,1H3/b21-13-. The monoisotopic (exact) mass is 344 g/mol. The van der Waals surface area contributed by atoms with Crippen LogP contribution in [0.2, 0.25) is 0 Å². The minimum atomic E-state index is -0.259. The zero-order chi connectivity index (χ0) is 17.5. The first kappa shape index (κ1) is 17.2. The molecule has 2 aromatic rings. The van der Waals surface area contributed by atoms with Crippen LogP contribution in [-0.2, 0) is 11.3 Å². The minimum Gasteiger partial charge on any atom is -0.493 e. The van der Waals surface area contributed by atoms with Crippen molar-refractivity contribution in [2.75, 3.05) is 33.4 Å². The van der Waals surface area contributed by atoms with Crippen molar-refractivity contribution in [2.24, 2.45) is 5.10 Å². The third-order valence-corrected chi connectivity index (χ3v) is 3.85. The number of ether oxygens (including phenoxy) is 3. The Kier molecular flexibility index (Phi) is 5.85. The van der Waals surface area contributed by atoms with E-state index in [2.05, 4.69) is 5.10 Å². The van der Waals surface area contributed by atoms with Crippen LogP contribution in [0.3, 0.4) is 0 Å². The summed E-state index contributed by atoms with van der Waals surface area (Å²) >= 11 is 0. The summed E-state index contributed by atoms with van der Waals surface area (Å²) in [7, 11) is 1.60. The maximum absolute atomic E-state index is 12.9. The van der Waals surface area contributed by atoms with Crippen molar-refractivity contribution in [2.45, 2.75) is 6.61 Å². The molecule has 132 valence electrons. The lowest BCUT2D eigenvalue weighted by molar-refractivity contribution is 0.0397. The molecule has 5 nitrogen and oxygen atoms in total. The number of hydrogen-bond donors (Lipinski definition) is 0. The summed E-state index contributed by atoms with van der Waals surface area (Å²) in [6, 6.07) is 11.9. The van der Waals surface area contributed by atoms with E-state index in [1.165, 1.54) is 12.1 Å². The van der Waals surface area contributed by atoms with E-state index in [1.54, 1.807) is 25.5 Å². The molecule has 3 rings (SSSR count). The number of hydrazone groups is 1. The second kappa shape index (κ2) is 8.48. The Morgan fingerprint density at radius 1 is 1.12 bits per heavy atom. The van der Waals surface area contributed by atoms with E-state index in [0.717, 1.165) is 24.2 Å². The first-order valence-corrected chi connectivity index (χ1v) is 8.16. The normalized spacial score (nSPS) is 14.7. The summed E-state index contributed by atoms with van der Waals surface area (Å²) in [4.78, 5) is 0. The van der Waals surface area contributed by atoms with Gasteiger partial charge in [-0.2, -0.15) is 5.10 Å². The van der Waals surface area contributed by atoms with Gasteiger partial charge in [0.25, 0.3) is 0 Å². The van der Waals surface area contributed by atoms with Crippen LogP contribution in [-0.4, -0.2) is 44.6 Å². The summed E-state index contributed by atoms with van der Waals surface area (Å²) in [5.74, 6) is 1.01. The van der Waals surface area contributed by atoms with Gasteiger partial charge in [0.1, 0.15) is 12.4 Å². The molecule has 0 aliphatic carbocycles. The van der Waals surface area contributed by atoms with E-state index >= 15 is 0 Å². The molecule has 1 heterocycles. The summed E-state index contributed by atoms with van der Waals surface area (Å²) in [5, 5.41) is 6.44. The zero-order valence-electron chi connectivity index (χ0n) is 14.2. The number of nitrogens with zero attached hydrogens (tertiary/aromatic N) is 2. The summed E-state index contributed by atoms with van der Waals surface area (Å²) < 4.78 is 29.4. The highest BCUT2D eigenvalue weighted by molar-refractivity contribution is 5.80. The summed E-state index contributed by atoms with van der Waals surface area (Å²) in [5.41, 5.74) is 1.82. The lowest BCUT2D eigenvalue weighted by atomic mass is 10.2. The van der Waals surface area contributed by atoms with Gasteiger partial charge in [-0.1, -0.05) is 12.1 Å². The van der Waals surface area contributed by atoms with Gasteiger partial charge in [0.2, 0.25) is 0 Å². The zero-order valence-corrected chi connectivity index (χ0v) is 14.2. The SMILES string of the molecule is COc1cc(/C=N\N2CCOCC2)ccc1OCc1ccc(F)cc1. The molecule has 0 unspecified atom stereocenters. The molecule has 0 bridgehead atoms. The van der Waals surface area contributed by atoms with Crippen LogP contribution < -0.4 is 9.47 Å². The van der Waals surface area contributed by atoms with Crippen molar-refractivity contribution in [3.8, 4) is 11.5 Å². The van der Waals surface area contributed by atoms with Crippen LogP contribution in [0, 0.1) is 5.82 Å². The molecule has 0 saturated carbocycles. The minimum absolute atomic E-state index is 0.259. The lowest BCUT2D eigenvalue weighted by Gasteiger charge is -2.23. The van der Waals surface area contributed by atoms with E-state index in [9.17, 15) is 4.39 Å². The molecule has 25 heavy (non-hydrogen) atoms. The van der Waals surface area contributed by atoms with Gasteiger partial charge in [-0.25, -0.2) is 4.39 Å². The van der Waals surface area contributed by atoms with E-state index in [0.29, 0.717) is 31.3 Å². The molecule has 0 spiro atoms. The fraction of sp³-hybridized carbons (Fsp3) is 0.316. The molecular weight excluding hydrogens is 323 g/mol. The Labute approximate surface area is 146 Å². The number of rotatable bonds is 6. The number of halogens is 1. The first-order valence-electron chi connectivity index (χ1n) is 8.16. The van der Waals surface area contributed by atoms with E-state index < -0.39 is 0 Å². The highest BCUT2D eigenvalue weighted by atomic mass is 19.1. The topological polar surface area (TPSA) is 43.3 Å². The fourth-order valence-electron chi connectivity index (χ4n) is 2.44. The van der Waals surface area contributed by atoms with Crippen molar-refractivity contribution in [1.82, 2.24) is 5.01 Å². The third-order valence-electron chi connectivity index (χ3n) is 3.85. The summed E-state index contributed by atoms with van der Waals surface area (Å²) in [6.45, 7) is 3.35. The van der Waals surface area contributed by atoms with Crippen LogP contribution in [0.5, 0.6) is 11.5 Å². The van der Waals surface area contributed by atoms with Crippen LogP contribution in [0.4, 0.5) is 4.39 Å². The molecule has 1 aliphatic heterocycles. The van der Waals surface area contributed by atoms with Gasteiger partial charge in [-0.3, -0.25) is 5.01 Å². The van der Waals surface area contributed by atoms with E-state index in [4.69, 9.17) is 14.2 Å². The highest BCUT2D eigenvalue weighted by Crippen LogP contribution is 2.28. The predicted molar refractivity (Wildman–Crippen MR) is 93.7 cm³/mol. The maximum atomic E-state index is 12.9. The smallest absolute Gasteiger partial charge is 0.161 e. The number of morpholine rings is 1. The quantitative estimate of drug-likeness (QED) is 0.756. The first-order chi connectivity index (χ1) is 12.2. The van der Waals surface area contributed by atoms with Gasteiger partial charge in [0.05, 0.1) is 39.6 Å². The van der Waals surface area contributed by atoms with E-state index in [-0.39, 0.29) is 5.82 Å². The molecule has 6 heteroatoms. The Morgan fingerprint density at radius 2 is 1.88 bits per heavy atom. The van der Waals surface area contributed by atoms with Crippen molar-refractivity contribution < 1.29 is 18.6 Å². The molecule has 0 amide bonds. The van der Waals surface area contributed by atoms with Crippen molar-refractivity contribution in [3.05, 3.63) is 59.4 Å². The molecule has 0 atom stereocenters. The number of benzene rings is 2. The molecule has 1 saturated heterocycles. The van der Waals surface area contributed by atoms with Crippen LogP contribution in [0.1, 0.15) is 11.1 Å². The molecule has 2 aromatic carbocycles. The Morgan fingerprint density at radius 3 is 2.60 bits per heavy atom. The van der Waals surface area contributed by atoms with E-state index in [1.807, 2.05) is 23.2 Å². The highest BCUT2D eigenvalue weighted by Gasteiger charge is 2.08. The lowest BCUT2D eigenvalue weighted by Crippen LogP contribution is -2.32. The van der Waals surface area contributed by atoms with Gasteiger partial charge < -0.3 is 14.2 Å². The molecule has 0 N–H and O–H groups in total. The Bertz CT molecular complexity index is 713. The second-order valence-corrected chi connectivity index (χ2v) is 5.64. The maximum Gasteiger partial charge on any atom is 0.161 e. The van der Waals surface area contributed by atoms with Crippen LogP contribution >= 0.6 is 0 Å². The molecule has 1 fully saturated rings. The molecular formula is C19H21FN2O3. The largest absolute Gasteiger partial charge is 0.493 e. The van der Waals surface area contributed by atoms with Gasteiger partial charge in [0.15, 0.2) is 11.5 Å². The Hall–Kier alpha value is -2.60. The fourth-order valence-corrected chi connectivity index (χ4v) is 2.44. The second-order valence-electron chi connectivity index (χ2n) is 5.64. The third kappa shape index (κ3) is 4.93. The average Bonchev–Trinajstić information content (AvgIpc) is 2.67. The van der Waals surface area contributed by atoms with Crippen molar-refractivity contribution in [1.29, 1.82) is 0 Å². The average molecular weight is 344 g/mol. The number of methoxy groups -OCH3 is 1. The Balaban J connectivity index is 1.64. The van der Waals surface area contributed by atoms with Gasteiger partial charge >= 0.3 is 0 Å². The van der Waals surface area contributed by atoms with Crippen molar-refractivity contribution >= 4 is 6.21 Å². The molecule has 0 radical (unpaired) electrons. The predicted octanol–water partition coefficient (Wildman–Crippen LogP) is 3.08. The molecule has 0 aromatic heterocycles. The van der Waals surface area contributed by atoms with Crippen LogP contribution in [0.25, 0.3) is 0 Å². The van der Waals surface area contributed by atoms with Crippen LogP contribution in [0.15, 0.2) is 47.6 Å². The molecule has 1 aliphatic rings. The van der Waals surface area contributed by atoms with Gasteiger partial charge in [-0.15, -0.1) is 0 Å².